The lowest BCUT2D eigenvalue weighted by molar-refractivity contribution is -0.141. The number of carbonyl (C=O) groups is 1. The Morgan fingerprint density at radius 3 is 1.94 bits per heavy atom. The average Bonchev–Trinajstić information content (AvgIpc) is 2.66. The largest absolute Gasteiger partial charge is 0.418 e. The number of aliphatic hydroxyl groups is 1. The Balaban J connectivity index is 2.51. The molecule has 0 fully saturated rings. The molecule has 1 atom stereocenters. The number of aliphatic hydroxyl groups excluding tert-OH is 1. The first-order chi connectivity index (χ1) is 15.1. The quantitative estimate of drug-likeness (QED) is 0.436. The van der Waals surface area contributed by atoms with Crippen molar-refractivity contribution in [1.82, 2.24) is 4.72 Å². The zero-order valence-electron chi connectivity index (χ0n) is 18.7. The summed E-state index contributed by atoms with van der Waals surface area (Å²) in [6.45, 7) is 8.50. The molecule has 0 heterocycles. The minimum atomic E-state index is -5.08. The molecule has 6 nitrogen and oxygen atoms in total. The van der Waals surface area contributed by atoms with E-state index in [4.69, 9.17) is 11.6 Å². The first kappa shape index (κ1) is 26.9. The number of rotatable bonds is 6. The minimum Gasteiger partial charge on any atom is -0.389 e. The summed E-state index contributed by atoms with van der Waals surface area (Å²) in [6, 6.07) is 4.82. The lowest BCUT2D eigenvalue weighted by Crippen LogP contribution is -2.36. The fourth-order valence-corrected chi connectivity index (χ4v) is 4.84. The summed E-state index contributed by atoms with van der Waals surface area (Å²) >= 11 is 6.18. The summed E-state index contributed by atoms with van der Waals surface area (Å²) in [7, 11) is -4.94. The van der Waals surface area contributed by atoms with Gasteiger partial charge in [0.05, 0.1) is 11.7 Å². The molecule has 11 heteroatoms. The molecule has 1 unspecified atom stereocenters. The van der Waals surface area contributed by atoms with Gasteiger partial charge in [0.2, 0.25) is 0 Å². The minimum absolute atomic E-state index is 0.0901. The number of nitrogens with one attached hydrogen (secondary N) is 2. The topological polar surface area (TPSA) is 95.5 Å². The highest BCUT2D eigenvalue weighted by atomic mass is 35.5. The van der Waals surface area contributed by atoms with Crippen LogP contribution in [0.25, 0.3) is 0 Å². The lowest BCUT2D eigenvalue weighted by Gasteiger charge is -2.22. The van der Waals surface area contributed by atoms with Gasteiger partial charge in [-0.3, -0.25) is 0 Å². The van der Waals surface area contributed by atoms with Crippen LogP contribution in [-0.4, -0.2) is 19.6 Å². The summed E-state index contributed by atoms with van der Waals surface area (Å²) in [5.74, 6) is -0.180. The zero-order valence-corrected chi connectivity index (χ0v) is 20.3. The van der Waals surface area contributed by atoms with E-state index >= 15 is 0 Å². The van der Waals surface area contributed by atoms with Crippen LogP contribution in [0.3, 0.4) is 0 Å². The number of hydrogen-bond donors (Lipinski definition) is 3. The number of anilines is 1. The maximum atomic E-state index is 13.7. The van der Waals surface area contributed by atoms with Gasteiger partial charge < -0.3 is 10.4 Å². The maximum Gasteiger partial charge on any atom is 0.418 e. The molecule has 2 rings (SSSR count). The normalized spacial score (nSPS) is 13.3. The van der Waals surface area contributed by atoms with E-state index in [9.17, 15) is 31.5 Å². The smallest absolute Gasteiger partial charge is 0.389 e. The highest BCUT2D eigenvalue weighted by Gasteiger charge is 2.41. The van der Waals surface area contributed by atoms with Gasteiger partial charge in [0.15, 0.2) is 0 Å². The molecule has 182 valence electrons. The molecule has 2 aromatic rings. The van der Waals surface area contributed by atoms with Crippen molar-refractivity contribution in [2.45, 2.75) is 63.6 Å². The van der Waals surface area contributed by atoms with Crippen molar-refractivity contribution in [3.63, 3.8) is 0 Å². The third kappa shape index (κ3) is 6.18. The number of urea groups is 1. The van der Waals surface area contributed by atoms with Gasteiger partial charge in [-0.2, -0.15) is 13.2 Å². The summed E-state index contributed by atoms with van der Waals surface area (Å²) in [5, 5.41) is 12.6. The monoisotopic (exact) mass is 506 g/mol. The van der Waals surface area contributed by atoms with Crippen molar-refractivity contribution >= 4 is 33.3 Å². The molecule has 0 spiro atoms. The van der Waals surface area contributed by atoms with Crippen LogP contribution in [-0.2, 0) is 16.2 Å². The molecule has 2 amide bonds. The molecule has 33 heavy (non-hydrogen) atoms. The Kier molecular flexibility index (Phi) is 8.09. The van der Waals surface area contributed by atoms with Crippen molar-refractivity contribution in [3.8, 4) is 0 Å². The number of benzene rings is 2. The standard InChI is InChI=1S/C22H26ClF3N2O4S/c1-11(2)16-9-14(23)10-17(12(3)4)20(16)27-21(30)28-33(31,32)18-8-6-7-15(13(5)29)19(18)22(24,25)26/h6-13,29H,1-5H3,(H2,27,28,30). The Morgan fingerprint density at radius 1 is 1.00 bits per heavy atom. The molecule has 0 saturated heterocycles. The molecule has 0 bridgehead atoms. The van der Waals surface area contributed by atoms with Gasteiger partial charge in [-0.1, -0.05) is 51.4 Å². The van der Waals surface area contributed by atoms with Crippen LogP contribution < -0.4 is 10.0 Å². The predicted molar refractivity (Wildman–Crippen MR) is 121 cm³/mol. The van der Waals surface area contributed by atoms with Crippen LogP contribution >= 0.6 is 11.6 Å². The molecule has 0 saturated carbocycles. The van der Waals surface area contributed by atoms with E-state index in [-0.39, 0.29) is 11.8 Å². The van der Waals surface area contributed by atoms with Gasteiger partial charge in [-0.05, 0) is 53.6 Å². The summed E-state index contributed by atoms with van der Waals surface area (Å²) < 4.78 is 68.3. The number of alkyl halides is 3. The Hall–Kier alpha value is -2.30. The molecule has 3 N–H and O–H groups in total. The predicted octanol–water partition coefficient (Wildman–Crippen LogP) is 6.17. The van der Waals surface area contributed by atoms with Crippen molar-refractivity contribution in [1.29, 1.82) is 0 Å². The molecule has 0 aliphatic rings. The van der Waals surface area contributed by atoms with Gasteiger partial charge >= 0.3 is 12.2 Å². The van der Waals surface area contributed by atoms with Crippen LogP contribution in [0.2, 0.25) is 5.02 Å². The summed E-state index contributed by atoms with van der Waals surface area (Å²) in [6.07, 6.45) is -6.66. The van der Waals surface area contributed by atoms with Crippen LogP contribution in [0.5, 0.6) is 0 Å². The lowest BCUT2D eigenvalue weighted by atomic mass is 9.92. The third-order valence-corrected chi connectivity index (χ3v) is 6.55. The number of sulfonamides is 1. The van der Waals surface area contributed by atoms with E-state index in [1.807, 2.05) is 27.7 Å². The second-order valence-electron chi connectivity index (χ2n) is 8.22. The fraction of sp³-hybridized carbons (Fsp3) is 0.409. The molecule has 0 aliphatic heterocycles. The number of amides is 2. The van der Waals surface area contributed by atoms with Gasteiger partial charge in [-0.15, -0.1) is 0 Å². The SMILES string of the molecule is CC(C)c1cc(Cl)cc(C(C)C)c1NC(=O)NS(=O)(=O)c1cccc(C(C)O)c1C(F)(F)F. The molecule has 0 aromatic heterocycles. The fourth-order valence-electron chi connectivity index (χ4n) is 3.44. The molecular weight excluding hydrogens is 481 g/mol. The first-order valence-electron chi connectivity index (χ1n) is 10.1. The van der Waals surface area contributed by atoms with E-state index in [1.54, 1.807) is 16.9 Å². The van der Waals surface area contributed by atoms with Gasteiger partial charge in [0, 0.05) is 10.7 Å². The number of halogens is 4. The van der Waals surface area contributed by atoms with E-state index < -0.39 is 44.4 Å². The molecule has 2 aromatic carbocycles. The van der Waals surface area contributed by atoms with E-state index in [0.29, 0.717) is 21.8 Å². The Morgan fingerprint density at radius 2 is 1.52 bits per heavy atom. The Bertz CT molecular complexity index is 1120. The summed E-state index contributed by atoms with van der Waals surface area (Å²) in [5.41, 5.74) is -0.521. The van der Waals surface area contributed by atoms with Gasteiger partial charge in [0.25, 0.3) is 10.0 Å². The zero-order chi connectivity index (χ0) is 25.3. The molecule has 0 aliphatic carbocycles. The van der Waals surface area contributed by atoms with Crippen molar-refractivity contribution in [2.24, 2.45) is 0 Å². The van der Waals surface area contributed by atoms with Crippen LogP contribution in [0.4, 0.5) is 23.7 Å². The maximum absolute atomic E-state index is 13.7. The number of hydrogen-bond acceptors (Lipinski definition) is 4. The number of carbonyl (C=O) groups excluding carboxylic acids is 1. The second-order valence-corrected chi connectivity index (χ2v) is 10.3. The van der Waals surface area contributed by atoms with Gasteiger partial charge in [0.1, 0.15) is 4.90 Å². The van der Waals surface area contributed by atoms with Crippen LogP contribution in [0.15, 0.2) is 35.2 Å². The summed E-state index contributed by atoms with van der Waals surface area (Å²) in [4.78, 5) is 11.5. The van der Waals surface area contributed by atoms with Crippen LogP contribution in [0, 0.1) is 0 Å². The highest BCUT2D eigenvalue weighted by molar-refractivity contribution is 7.90. The van der Waals surface area contributed by atoms with Crippen molar-refractivity contribution in [3.05, 3.63) is 57.6 Å². The van der Waals surface area contributed by atoms with Crippen molar-refractivity contribution < 1.29 is 31.5 Å². The second kappa shape index (κ2) is 9.90. The van der Waals surface area contributed by atoms with E-state index in [1.165, 1.54) is 0 Å². The van der Waals surface area contributed by atoms with Gasteiger partial charge in [-0.25, -0.2) is 17.9 Å². The third-order valence-electron chi connectivity index (χ3n) is 4.96. The van der Waals surface area contributed by atoms with Crippen molar-refractivity contribution in [2.75, 3.05) is 5.32 Å². The average molecular weight is 507 g/mol. The molecular formula is C22H26ClF3N2O4S. The van der Waals surface area contributed by atoms with E-state index in [0.717, 1.165) is 25.1 Å². The van der Waals surface area contributed by atoms with E-state index in [2.05, 4.69) is 5.32 Å². The molecule has 0 radical (unpaired) electrons. The highest BCUT2D eigenvalue weighted by Crippen LogP contribution is 2.39. The first-order valence-corrected chi connectivity index (χ1v) is 12.0. The Labute approximate surface area is 196 Å². The van der Waals surface area contributed by atoms with Crippen LogP contribution in [0.1, 0.15) is 74.8 Å².